The number of anilines is 2. The van der Waals surface area contributed by atoms with Crippen LogP contribution < -0.4 is 10.2 Å². The van der Waals surface area contributed by atoms with Gasteiger partial charge in [0.25, 0.3) is 0 Å². The molecule has 0 atom stereocenters. The Morgan fingerprint density at radius 3 is 2.59 bits per heavy atom. The van der Waals surface area contributed by atoms with Crippen LogP contribution in [0.4, 0.5) is 10.7 Å². The van der Waals surface area contributed by atoms with E-state index in [2.05, 4.69) is 45.5 Å². The number of nitriles is 1. The first kappa shape index (κ1) is 19.9. The molecule has 1 aliphatic heterocycles. The second-order valence-electron chi connectivity index (χ2n) is 7.84. The van der Waals surface area contributed by atoms with Gasteiger partial charge in [0.2, 0.25) is 5.91 Å². The second kappa shape index (κ2) is 9.43. The number of benzene rings is 1. The first-order chi connectivity index (χ1) is 14.2. The molecule has 0 radical (unpaired) electrons. The number of hydrogen-bond acceptors (Lipinski definition) is 5. The Labute approximate surface area is 176 Å². The van der Waals surface area contributed by atoms with Gasteiger partial charge in [-0.05, 0) is 43.4 Å². The number of rotatable bonds is 5. The van der Waals surface area contributed by atoms with Gasteiger partial charge in [-0.15, -0.1) is 11.3 Å². The van der Waals surface area contributed by atoms with Gasteiger partial charge in [0.1, 0.15) is 11.1 Å². The fourth-order valence-electron chi connectivity index (χ4n) is 4.27. The highest BCUT2D eigenvalue weighted by molar-refractivity contribution is 7.16. The van der Waals surface area contributed by atoms with E-state index < -0.39 is 0 Å². The van der Waals surface area contributed by atoms with E-state index in [-0.39, 0.29) is 5.91 Å². The third-order valence-corrected chi connectivity index (χ3v) is 7.14. The molecule has 152 valence electrons. The van der Waals surface area contributed by atoms with Gasteiger partial charge in [-0.1, -0.05) is 24.6 Å². The van der Waals surface area contributed by atoms with Crippen molar-refractivity contribution in [2.45, 2.75) is 38.5 Å². The number of amides is 1. The molecule has 1 aromatic carbocycles. The summed E-state index contributed by atoms with van der Waals surface area (Å²) in [6.45, 7) is 4.68. The van der Waals surface area contributed by atoms with Crippen LogP contribution in [-0.2, 0) is 17.6 Å². The van der Waals surface area contributed by atoms with Gasteiger partial charge in [0.05, 0.1) is 5.56 Å². The highest BCUT2D eigenvalue weighted by Crippen LogP contribution is 2.37. The van der Waals surface area contributed by atoms with E-state index in [4.69, 9.17) is 0 Å². The average Bonchev–Trinajstić information content (AvgIpc) is 2.92. The van der Waals surface area contributed by atoms with Crippen LogP contribution in [0.2, 0.25) is 0 Å². The Morgan fingerprint density at radius 1 is 1.07 bits per heavy atom. The molecule has 1 amide bonds. The van der Waals surface area contributed by atoms with Crippen molar-refractivity contribution in [3.8, 4) is 6.07 Å². The lowest BCUT2D eigenvalue weighted by atomic mass is 10.1. The van der Waals surface area contributed by atoms with Gasteiger partial charge >= 0.3 is 0 Å². The molecule has 1 saturated heterocycles. The molecule has 5 nitrogen and oxygen atoms in total. The molecule has 1 N–H and O–H groups in total. The molecule has 0 unspecified atom stereocenters. The maximum atomic E-state index is 12.5. The molecule has 1 fully saturated rings. The SMILES string of the molecule is N#Cc1c(NC(=O)CCN2CCN(c3ccccc3)CC2)sc2c1CCCCC2. The topological polar surface area (TPSA) is 59.4 Å². The molecule has 29 heavy (non-hydrogen) atoms. The number of nitrogens with one attached hydrogen (secondary N) is 1. The average molecular weight is 409 g/mol. The van der Waals surface area contributed by atoms with Crippen molar-refractivity contribution in [1.29, 1.82) is 5.26 Å². The smallest absolute Gasteiger partial charge is 0.226 e. The molecule has 4 rings (SSSR count). The van der Waals surface area contributed by atoms with E-state index in [0.717, 1.165) is 57.0 Å². The molecular formula is C23H28N4OS. The Hall–Kier alpha value is -2.36. The van der Waals surface area contributed by atoms with Gasteiger partial charge in [-0.2, -0.15) is 5.26 Å². The normalized spacial score (nSPS) is 17.3. The maximum absolute atomic E-state index is 12.5. The Kier molecular flexibility index (Phi) is 6.48. The van der Waals surface area contributed by atoms with E-state index in [1.54, 1.807) is 11.3 Å². The van der Waals surface area contributed by atoms with Crippen molar-refractivity contribution < 1.29 is 4.79 Å². The van der Waals surface area contributed by atoms with Gasteiger partial charge in [0.15, 0.2) is 0 Å². The molecule has 2 heterocycles. The molecule has 0 spiro atoms. The van der Waals surface area contributed by atoms with Gasteiger partial charge in [0, 0.05) is 49.7 Å². The minimum absolute atomic E-state index is 0.0170. The van der Waals surface area contributed by atoms with Crippen molar-refractivity contribution in [3.63, 3.8) is 0 Å². The van der Waals surface area contributed by atoms with Gasteiger partial charge in [-0.25, -0.2) is 0 Å². The summed E-state index contributed by atoms with van der Waals surface area (Å²) in [5.74, 6) is 0.0170. The van der Waals surface area contributed by atoms with Crippen LogP contribution in [-0.4, -0.2) is 43.5 Å². The molecule has 0 saturated carbocycles. The summed E-state index contributed by atoms with van der Waals surface area (Å²) in [6, 6.07) is 12.8. The highest BCUT2D eigenvalue weighted by Gasteiger charge is 2.22. The number of hydrogen-bond donors (Lipinski definition) is 1. The summed E-state index contributed by atoms with van der Waals surface area (Å²) >= 11 is 1.61. The van der Waals surface area contributed by atoms with Crippen LogP contribution in [0.1, 0.15) is 41.7 Å². The van der Waals surface area contributed by atoms with Gasteiger partial charge < -0.3 is 10.2 Å². The molecular weight excluding hydrogens is 380 g/mol. The summed E-state index contributed by atoms with van der Waals surface area (Å²) in [5, 5.41) is 13.4. The molecule has 1 aromatic heterocycles. The zero-order chi connectivity index (χ0) is 20.1. The fourth-order valence-corrected chi connectivity index (χ4v) is 5.52. The Morgan fingerprint density at radius 2 is 1.83 bits per heavy atom. The predicted octanol–water partition coefficient (Wildman–Crippen LogP) is 4.04. The van der Waals surface area contributed by atoms with E-state index in [0.29, 0.717) is 12.0 Å². The number of fused-ring (bicyclic) bond motifs is 1. The lowest BCUT2D eigenvalue weighted by Crippen LogP contribution is -2.47. The number of thiophene rings is 1. The first-order valence-electron chi connectivity index (χ1n) is 10.6. The summed E-state index contributed by atoms with van der Waals surface area (Å²) in [5.41, 5.74) is 3.16. The number of piperazine rings is 1. The van der Waals surface area contributed by atoms with Crippen LogP contribution in [0.3, 0.4) is 0 Å². The highest BCUT2D eigenvalue weighted by atomic mass is 32.1. The standard InChI is InChI=1S/C23H28N4OS/c24-17-20-19-9-5-2-6-10-21(19)29-23(20)25-22(28)11-12-26-13-15-27(16-14-26)18-7-3-1-4-8-18/h1,3-4,7-8H,2,5-6,9-16H2,(H,25,28). The van der Waals surface area contributed by atoms with Crippen molar-refractivity contribution in [1.82, 2.24) is 4.90 Å². The minimum Gasteiger partial charge on any atom is -0.369 e. The lowest BCUT2D eigenvalue weighted by molar-refractivity contribution is -0.116. The zero-order valence-electron chi connectivity index (χ0n) is 16.8. The summed E-state index contributed by atoms with van der Waals surface area (Å²) < 4.78 is 0. The van der Waals surface area contributed by atoms with E-state index in [1.807, 2.05) is 6.07 Å². The minimum atomic E-state index is 0.0170. The van der Waals surface area contributed by atoms with Crippen LogP contribution >= 0.6 is 11.3 Å². The fraction of sp³-hybridized carbons (Fsp3) is 0.478. The number of nitrogens with zero attached hydrogens (tertiary/aromatic N) is 3. The van der Waals surface area contributed by atoms with E-state index >= 15 is 0 Å². The summed E-state index contributed by atoms with van der Waals surface area (Å²) in [6.07, 6.45) is 6.03. The van der Waals surface area contributed by atoms with Gasteiger partial charge in [-0.3, -0.25) is 9.69 Å². The van der Waals surface area contributed by atoms with E-state index in [1.165, 1.54) is 29.0 Å². The Bertz CT molecular complexity index is 878. The third-order valence-electron chi connectivity index (χ3n) is 5.93. The predicted molar refractivity (Wildman–Crippen MR) is 119 cm³/mol. The van der Waals surface area contributed by atoms with Crippen LogP contribution in [0.25, 0.3) is 0 Å². The van der Waals surface area contributed by atoms with Crippen molar-refractivity contribution in [3.05, 3.63) is 46.3 Å². The van der Waals surface area contributed by atoms with Crippen molar-refractivity contribution in [2.75, 3.05) is 42.9 Å². The summed E-state index contributed by atoms with van der Waals surface area (Å²) in [7, 11) is 0. The Balaban J connectivity index is 1.27. The largest absolute Gasteiger partial charge is 0.369 e. The third kappa shape index (κ3) is 4.80. The lowest BCUT2D eigenvalue weighted by Gasteiger charge is -2.36. The zero-order valence-corrected chi connectivity index (χ0v) is 17.6. The molecule has 1 aliphatic carbocycles. The molecule has 2 aliphatic rings. The number of carbonyl (C=O) groups is 1. The summed E-state index contributed by atoms with van der Waals surface area (Å²) in [4.78, 5) is 18.6. The number of para-hydroxylation sites is 1. The first-order valence-corrected chi connectivity index (χ1v) is 11.4. The monoisotopic (exact) mass is 408 g/mol. The maximum Gasteiger partial charge on any atom is 0.226 e. The van der Waals surface area contributed by atoms with Crippen LogP contribution in [0.15, 0.2) is 30.3 Å². The molecule has 0 bridgehead atoms. The number of aryl methyl sites for hydroxylation is 1. The van der Waals surface area contributed by atoms with Crippen LogP contribution in [0, 0.1) is 11.3 Å². The van der Waals surface area contributed by atoms with E-state index in [9.17, 15) is 10.1 Å². The van der Waals surface area contributed by atoms with Crippen molar-refractivity contribution in [2.24, 2.45) is 0 Å². The molecule has 2 aromatic rings. The number of carbonyl (C=O) groups excluding carboxylic acids is 1. The quantitative estimate of drug-likeness (QED) is 0.759. The molecule has 6 heteroatoms. The van der Waals surface area contributed by atoms with Crippen LogP contribution in [0.5, 0.6) is 0 Å². The van der Waals surface area contributed by atoms with Crippen molar-refractivity contribution >= 4 is 27.9 Å². The second-order valence-corrected chi connectivity index (χ2v) is 8.95.